The van der Waals surface area contributed by atoms with Crippen molar-refractivity contribution in [2.75, 3.05) is 19.6 Å². The molecule has 1 saturated carbocycles. The van der Waals surface area contributed by atoms with Crippen LogP contribution in [-0.2, 0) is 0 Å². The molecule has 118 valence electrons. The van der Waals surface area contributed by atoms with Crippen LogP contribution in [0.4, 0.5) is 0 Å². The van der Waals surface area contributed by atoms with E-state index in [-0.39, 0.29) is 0 Å². The fourth-order valence-corrected chi connectivity index (χ4v) is 4.07. The topological polar surface area (TPSA) is 15.3 Å². The van der Waals surface area contributed by atoms with Crippen LogP contribution in [0.25, 0.3) is 0 Å². The largest absolute Gasteiger partial charge is 0.308 e. The number of hydrogen-bond donors (Lipinski definition) is 1. The fourth-order valence-electron chi connectivity index (χ4n) is 4.07. The lowest BCUT2D eigenvalue weighted by molar-refractivity contribution is 0.0363. The Morgan fingerprint density at radius 3 is 2.50 bits per heavy atom. The van der Waals surface area contributed by atoms with Crippen molar-refractivity contribution in [2.45, 2.75) is 78.3 Å². The van der Waals surface area contributed by atoms with Gasteiger partial charge >= 0.3 is 0 Å². The summed E-state index contributed by atoms with van der Waals surface area (Å²) < 4.78 is 0. The number of nitrogens with zero attached hydrogens (tertiary/aromatic N) is 1. The van der Waals surface area contributed by atoms with Crippen molar-refractivity contribution in [1.82, 2.24) is 10.2 Å². The summed E-state index contributed by atoms with van der Waals surface area (Å²) in [5.74, 6) is 2.58. The molecule has 0 amide bonds. The van der Waals surface area contributed by atoms with Crippen molar-refractivity contribution >= 4 is 0 Å². The maximum absolute atomic E-state index is 3.92. The lowest BCUT2D eigenvalue weighted by Crippen LogP contribution is -2.65. The quantitative estimate of drug-likeness (QED) is 0.760. The first kappa shape index (κ1) is 16.3. The molecule has 2 nitrogen and oxygen atoms in total. The predicted octanol–water partition coefficient (Wildman–Crippen LogP) is 3.91. The Labute approximate surface area is 126 Å². The molecule has 20 heavy (non-hydrogen) atoms. The van der Waals surface area contributed by atoms with E-state index in [1.54, 1.807) is 0 Å². The molecule has 1 heterocycles. The molecule has 4 atom stereocenters. The van der Waals surface area contributed by atoms with E-state index in [2.05, 4.69) is 44.8 Å². The van der Waals surface area contributed by atoms with Crippen LogP contribution in [0.15, 0.2) is 0 Å². The van der Waals surface area contributed by atoms with Crippen LogP contribution in [0.5, 0.6) is 0 Å². The van der Waals surface area contributed by atoms with E-state index < -0.39 is 0 Å². The van der Waals surface area contributed by atoms with Crippen molar-refractivity contribution in [3.8, 4) is 0 Å². The second-order valence-electron chi connectivity index (χ2n) is 7.85. The maximum atomic E-state index is 3.92. The summed E-state index contributed by atoms with van der Waals surface area (Å²) >= 11 is 0. The van der Waals surface area contributed by atoms with Gasteiger partial charge in [-0.3, -0.25) is 4.90 Å². The summed E-state index contributed by atoms with van der Waals surface area (Å²) in [5.41, 5.74) is 0.385. The molecule has 0 aromatic carbocycles. The van der Waals surface area contributed by atoms with E-state index in [1.807, 2.05) is 0 Å². The van der Waals surface area contributed by atoms with Gasteiger partial charge in [-0.15, -0.1) is 0 Å². The third kappa shape index (κ3) is 3.76. The molecule has 2 rings (SSSR count). The molecule has 2 aliphatic rings. The Morgan fingerprint density at radius 2 is 1.95 bits per heavy atom. The van der Waals surface area contributed by atoms with E-state index in [0.717, 1.165) is 23.8 Å². The summed E-state index contributed by atoms with van der Waals surface area (Å²) in [7, 11) is 0. The molecule has 1 aliphatic carbocycles. The van der Waals surface area contributed by atoms with Gasteiger partial charge in [0.05, 0.1) is 0 Å². The minimum absolute atomic E-state index is 0.385. The summed E-state index contributed by atoms with van der Waals surface area (Å²) in [6.45, 7) is 15.8. The average molecular weight is 281 g/mol. The molecule has 4 unspecified atom stereocenters. The zero-order chi connectivity index (χ0) is 14.8. The first-order valence-electron chi connectivity index (χ1n) is 8.99. The molecule has 1 aliphatic heterocycles. The molecule has 2 heteroatoms. The van der Waals surface area contributed by atoms with E-state index in [9.17, 15) is 0 Å². The van der Waals surface area contributed by atoms with Gasteiger partial charge in [-0.05, 0) is 43.9 Å². The predicted molar refractivity (Wildman–Crippen MR) is 88.0 cm³/mol. The Kier molecular flexibility index (Phi) is 5.53. The molecular weight excluding hydrogens is 244 g/mol. The number of rotatable bonds is 7. The lowest BCUT2D eigenvalue weighted by atomic mass is 9.86. The van der Waals surface area contributed by atoms with Crippen molar-refractivity contribution in [3.05, 3.63) is 0 Å². The van der Waals surface area contributed by atoms with Crippen molar-refractivity contribution in [2.24, 2.45) is 17.8 Å². The van der Waals surface area contributed by atoms with Gasteiger partial charge in [-0.1, -0.05) is 40.5 Å². The molecule has 0 bridgehead atoms. The Balaban J connectivity index is 2.01. The van der Waals surface area contributed by atoms with Crippen LogP contribution >= 0.6 is 0 Å². The van der Waals surface area contributed by atoms with Crippen molar-refractivity contribution in [3.63, 3.8) is 0 Å². The highest BCUT2D eigenvalue weighted by atomic mass is 15.3. The first-order valence-corrected chi connectivity index (χ1v) is 8.99. The number of nitrogens with one attached hydrogen (secondary N) is 1. The zero-order valence-electron chi connectivity index (χ0n) is 14.4. The van der Waals surface area contributed by atoms with Crippen LogP contribution in [0, 0.1) is 17.8 Å². The second-order valence-corrected chi connectivity index (χ2v) is 7.85. The summed E-state index contributed by atoms with van der Waals surface area (Å²) in [6.07, 6.45) is 6.87. The van der Waals surface area contributed by atoms with Gasteiger partial charge in [0.2, 0.25) is 0 Å². The SMILES string of the molecule is CCCC(C)CN1CC(C)(C2CC2)NCC1C(C)CC. The van der Waals surface area contributed by atoms with E-state index in [1.165, 1.54) is 51.7 Å². The molecule has 2 fully saturated rings. The molecule has 0 aromatic heterocycles. The Bertz CT molecular complexity index is 300. The number of hydrogen-bond acceptors (Lipinski definition) is 2. The summed E-state index contributed by atoms with van der Waals surface area (Å²) in [6, 6.07) is 0.742. The summed E-state index contributed by atoms with van der Waals surface area (Å²) in [5, 5.41) is 3.92. The fraction of sp³-hybridized carbons (Fsp3) is 1.00. The van der Waals surface area contributed by atoms with Gasteiger partial charge in [0.25, 0.3) is 0 Å². The van der Waals surface area contributed by atoms with Gasteiger partial charge in [0, 0.05) is 31.2 Å². The summed E-state index contributed by atoms with van der Waals surface area (Å²) in [4.78, 5) is 2.84. The Morgan fingerprint density at radius 1 is 1.25 bits per heavy atom. The highest BCUT2D eigenvalue weighted by molar-refractivity contribution is 5.04. The highest BCUT2D eigenvalue weighted by Crippen LogP contribution is 2.42. The van der Waals surface area contributed by atoms with Crippen molar-refractivity contribution in [1.29, 1.82) is 0 Å². The monoisotopic (exact) mass is 280 g/mol. The minimum Gasteiger partial charge on any atom is -0.308 e. The van der Waals surface area contributed by atoms with Crippen LogP contribution in [-0.4, -0.2) is 36.1 Å². The molecule has 0 radical (unpaired) electrons. The standard InChI is InChI=1S/C18H36N2/c1-6-8-14(3)12-20-13-18(5,16-9-10-16)19-11-17(20)15(4)7-2/h14-17,19H,6-13H2,1-5H3. The highest BCUT2D eigenvalue weighted by Gasteiger charge is 2.46. The van der Waals surface area contributed by atoms with E-state index in [4.69, 9.17) is 0 Å². The van der Waals surface area contributed by atoms with E-state index >= 15 is 0 Å². The first-order chi connectivity index (χ1) is 9.50. The molecule has 0 spiro atoms. The molecular formula is C18H36N2. The second kappa shape index (κ2) is 6.79. The zero-order valence-corrected chi connectivity index (χ0v) is 14.4. The third-order valence-electron chi connectivity index (χ3n) is 5.82. The van der Waals surface area contributed by atoms with Gasteiger partial charge in [-0.2, -0.15) is 0 Å². The van der Waals surface area contributed by atoms with Crippen LogP contribution in [0.2, 0.25) is 0 Å². The minimum atomic E-state index is 0.385. The van der Waals surface area contributed by atoms with Gasteiger partial charge in [0.15, 0.2) is 0 Å². The van der Waals surface area contributed by atoms with Gasteiger partial charge < -0.3 is 5.32 Å². The van der Waals surface area contributed by atoms with Gasteiger partial charge in [-0.25, -0.2) is 0 Å². The number of piperazine rings is 1. The van der Waals surface area contributed by atoms with Crippen molar-refractivity contribution < 1.29 is 0 Å². The maximum Gasteiger partial charge on any atom is 0.0309 e. The Hall–Kier alpha value is -0.0800. The smallest absolute Gasteiger partial charge is 0.0309 e. The van der Waals surface area contributed by atoms with E-state index in [0.29, 0.717) is 5.54 Å². The third-order valence-corrected chi connectivity index (χ3v) is 5.82. The molecule has 1 saturated heterocycles. The average Bonchev–Trinajstić information content (AvgIpc) is 3.23. The van der Waals surface area contributed by atoms with Gasteiger partial charge in [0.1, 0.15) is 0 Å². The lowest BCUT2D eigenvalue weighted by Gasteiger charge is -2.49. The molecule has 1 N–H and O–H groups in total. The molecule has 0 aromatic rings. The van der Waals surface area contributed by atoms with Crippen LogP contribution in [0.3, 0.4) is 0 Å². The normalized spacial score (nSPS) is 35.0. The van der Waals surface area contributed by atoms with Crippen LogP contribution in [0.1, 0.15) is 66.7 Å². The van der Waals surface area contributed by atoms with Crippen LogP contribution < -0.4 is 5.32 Å².